The van der Waals surface area contributed by atoms with E-state index in [2.05, 4.69) is 4.98 Å². The molecule has 7 heteroatoms. The van der Waals surface area contributed by atoms with E-state index in [9.17, 15) is 13.2 Å². The highest BCUT2D eigenvalue weighted by atomic mass is 32.1. The number of ether oxygens (including phenoxy) is 1. The van der Waals surface area contributed by atoms with E-state index in [1.54, 1.807) is 24.3 Å². The summed E-state index contributed by atoms with van der Waals surface area (Å²) in [6.45, 7) is 0. The molecule has 1 N–H and O–H groups in total. The van der Waals surface area contributed by atoms with Crippen molar-refractivity contribution in [1.29, 1.82) is 0 Å². The number of para-hydroxylation sites is 1. The molecule has 1 aromatic heterocycles. The number of methoxy groups -OCH3 is 1. The number of nitrogens with zero attached hydrogens (tertiary/aromatic N) is 1. The summed E-state index contributed by atoms with van der Waals surface area (Å²) in [6, 6.07) is 7.58. The molecule has 3 nitrogen and oxygen atoms in total. The summed E-state index contributed by atoms with van der Waals surface area (Å²) >= 11 is 4.73. The van der Waals surface area contributed by atoms with Gasteiger partial charge in [-0.2, -0.15) is 13.2 Å². The van der Waals surface area contributed by atoms with Gasteiger partial charge >= 0.3 is 6.18 Å². The maximum atomic E-state index is 12.7. The summed E-state index contributed by atoms with van der Waals surface area (Å²) in [5.74, 6) is 0.434. The molecule has 100 valence electrons. The number of rotatable bonds is 2. The van der Waals surface area contributed by atoms with Crippen molar-refractivity contribution in [1.82, 2.24) is 9.97 Å². The average molecular weight is 286 g/mol. The van der Waals surface area contributed by atoms with Gasteiger partial charge in [-0.15, -0.1) is 0 Å². The second-order valence-corrected chi connectivity index (χ2v) is 4.07. The first-order valence-corrected chi connectivity index (χ1v) is 5.64. The Balaban J connectivity index is 2.63. The molecule has 19 heavy (non-hydrogen) atoms. The van der Waals surface area contributed by atoms with E-state index >= 15 is 0 Å². The van der Waals surface area contributed by atoms with E-state index in [0.29, 0.717) is 11.3 Å². The standard InChI is InChI=1S/C12H9F3N2OS/c1-18-9-5-3-2-4-7(9)8-6-10(12(13,14)15)17-11(19)16-8/h2-6H,1H3,(H,16,17,19). The van der Waals surface area contributed by atoms with Crippen LogP contribution in [0.2, 0.25) is 0 Å². The summed E-state index contributed by atoms with van der Waals surface area (Å²) in [5.41, 5.74) is -0.363. The molecular weight excluding hydrogens is 277 g/mol. The van der Waals surface area contributed by atoms with E-state index in [-0.39, 0.29) is 10.5 Å². The first-order chi connectivity index (χ1) is 8.91. The first-order valence-electron chi connectivity index (χ1n) is 5.24. The third-order valence-corrected chi connectivity index (χ3v) is 2.63. The van der Waals surface area contributed by atoms with Gasteiger partial charge in [0, 0.05) is 5.56 Å². The first kappa shape index (κ1) is 13.5. The van der Waals surface area contributed by atoms with Crippen molar-refractivity contribution in [2.75, 3.05) is 7.11 Å². The van der Waals surface area contributed by atoms with Crippen LogP contribution in [0, 0.1) is 4.77 Å². The zero-order valence-electron chi connectivity index (χ0n) is 9.78. The predicted octanol–water partition coefficient (Wildman–Crippen LogP) is 3.83. The minimum Gasteiger partial charge on any atom is -0.496 e. The number of halogens is 3. The van der Waals surface area contributed by atoms with Crippen molar-refractivity contribution < 1.29 is 17.9 Å². The van der Waals surface area contributed by atoms with Crippen LogP contribution >= 0.6 is 12.2 Å². The Morgan fingerprint density at radius 2 is 1.95 bits per heavy atom. The molecule has 0 bridgehead atoms. The van der Waals surface area contributed by atoms with Crippen molar-refractivity contribution in [2.24, 2.45) is 0 Å². The molecule has 0 saturated heterocycles. The number of nitrogens with one attached hydrogen (secondary N) is 1. The molecule has 0 saturated carbocycles. The molecule has 0 fully saturated rings. The number of benzene rings is 1. The Morgan fingerprint density at radius 1 is 1.26 bits per heavy atom. The van der Waals surface area contributed by atoms with Crippen molar-refractivity contribution in [3.63, 3.8) is 0 Å². The highest BCUT2D eigenvalue weighted by Gasteiger charge is 2.32. The topological polar surface area (TPSA) is 37.9 Å². The zero-order chi connectivity index (χ0) is 14.0. The summed E-state index contributed by atoms with van der Waals surface area (Å²) in [6.07, 6.45) is -4.51. The summed E-state index contributed by atoms with van der Waals surface area (Å²) < 4.78 is 43.0. The van der Waals surface area contributed by atoms with Gasteiger partial charge in [-0.1, -0.05) is 12.1 Å². The fourth-order valence-corrected chi connectivity index (χ4v) is 1.81. The number of alkyl halides is 3. The lowest BCUT2D eigenvalue weighted by molar-refractivity contribution is -0.141. The minimum absolute atomic E-state index is 0.119. The summed E-state index contributed by atoms with van der Waals surface area (Å²) in [4.78, 5) is 5.94. The predicted molar refractivity (Wildman–Crippen MR) is 66.4 cm³/mol. The van der Waals surface area contributed by atoms with Gasteiger partial charge in [-0.3, -0.25) is 0 Å². The van der Waals surface area contributed by atoms with Gasteiger partial charge in [0.25, 0.3) is 0 Å². The van der Waals surface area contributed by atoms with Crippen LogP contribution in [-0.2, 0) is 6.18 Å². The fraction of sp³-hybridized carbons (Fsp3) is 0.167. The van der Waals surface area contributed by atoms with Crippen LogP contribution in [-0.4, -0.2) is 17.1 Å². The normalized spacial score (nSPS) is 11.4. The van der Waals surface area contributed by atoms with E-state index in [1.165, 1.54) is 7.11 Å². The van der Waals surface area contributed by atoms with Gasteiger partial charge < -0.3 is 9.72 Å². The van der Waals surface area contributed by atoms with Crippen molar-refractivity contribution >= 4 is 12.2 Å². The molecular formula is C12H9F3N2OS. The third-order valence-electron chi connectivity index (χ3n) is 2.43. The van der Waals surface area contributed by atoms with E-state index in [4.69, 9.17) is 17.0 Å². The maximum absolute atomic E-state index is 12.7. The van der Waals surface area contributed by atoms with Crippen molar-refractivity contribution in [3.05, 3.63) is 40.8 Å². The van der Waals surface area contributed by atoms with Crippen LogP contribution in [0.15, 0.2) is 30.3 Å². The molecule has 0 aliphatic heterocycles. The van der Waals surface area contributed by atoms with Crippen LogP contribution in [0.4, 0.5) is 13.2 Å². The van der Waals surface area contributed by atoms with Gasteiger partial charge in [0.2, 0.25) is 0 Å². The van der Waals surface area contributed by atoms with Crippen molar-refractivity contribution in [3.8, 4) is 17.0 Å². The second kappa shape index (κ2) is 5.00. The lowest BCUT2D eigenvalue weighted by atomic mass is 10.1. The van der Waals surface area contributed by atoms with Crippen LogP contribution in [0.1, 0.15) is 5.69 Å². The second-order valence-electron chi connectivity index (χ2n) is 3.68. The molecule has 2 rings (SSSR count). The third kappa shape index (κ3) is 2.93. The molecule has 0 amide bonds. The Bertz CT molecular complexity index is 652. The summed E-state index contributed by atoms with van der Waals surface area (Å²) in [5, 5.41) is 0. The molecule has 2 aromatic rings. The van der Waals surface area contributed by atoms with Crippen LogP contribution in [0.3, 0.4) is 0 Å². The molecule has 0 atom stereocenters. The Morgan fingerprint density at radius 3 is 2.58 bits per heavy atom. The van der Waals surface area contributed by atoms with Gasteiger partial charge in [-0.05, 0) is 30.4 Å². The summed E-state index contributed by atoms with van der Waals surface area (Å²) in [7, 11) is 1.44. The molecule has 0 aliphatic rings. The Labute approximate surface area is 112 Å². The van der Waals surface area contributed by atoms with Crippen LogP contribution < -0.4 is 4.74 Å². The van der Waals surface area contributed by atoms with Gasteiger partial charge in [0.05, 0.1) is 12.8 Å². The largest absolute Gasteiger partial charge is 0.496 e. The van der Waals surface area contributed by atoms with Gasteiger partial charge in [0.15, 0.2) is 4.77 Å². The number of H-pyrrole nitrogens is 1. The quantitative estimate of drug-likeness (QED) is 0.852. The Kier molecular flexibility index (Phi) is 3.57. The molecule has 1 aromatic carbocycles. The lowest BCUT2D eigenvalue weighted by Crippen LogP contribution is -2.09. The van der Waals surface area contributed by atoms with Gasteiger partial charge in [-0.25, -0.2) is 4.98 Å². The SMILES string of the molecule is COc1ccccc1-c1cc(C(F)(F)F)[nH]c(=S)n1. The minimum atomic E-state index is -4.51. The van der Waals surface area contributed by atoms with Crippen LogP contribution in [0.5, 0.6) is 5.75 Å². The number of aromatic amines is 1. The van der Waals surface area contributed by atoms with Crippen molar-refractivity contribution in [2.45, 2.75) is 6.18 Å². The monoisotopic (exact) mass is 286 g/mol. The molecule has 0 spiro atoms. The number of hydrogen-bond acceptors (Lipinski definition) is 3. The van der Waals surface area contributed by atoms with Gasteiger partial charge in [0.1, 0.15) is 11.4 Å². The van der Waals surface area contributed by atoms with E-state index < -0.39 is 11.9 Å². The highest BCUT2D eigenvalue weighted by molar-refractivity contribution is 7.71. The van der Waals surface area contributed by atoms with E-state index in [0.717, 1.165) is 6.07 Å². The highest BCUT2D eigenvalue weighted by Crippen LogP contribution is 2.32. The molecule has 0 unspecified atom stereocenters. The Hall–Kier alpha value is -1.89. The number of aromatic nitrogens is 2. The fourth-order valence-electron chi connectivity index (χ4n) is 1.60. The molecule has 0 radical (unpaired) electrons. The smallest absolute Gasteiger partial charge is 0.431 e. The molecule has 1 heterocycles. The zero-order valence-corrected chi connectivity index (χ0v) is 10.6. The number of hydrogen-bond donors (Lipinski definition) is 1. The maximum Gasteiger partial charge on any atom is 0.431 e. The van der Waals surface area contributed by atoms with E-state index in [1.807, 2.05) is 4.98 Å². The lowest BCUT2D eigenvalue weighted by Gasteiger charge is -2.10. The van der Waals surface area contributed by atoms with Crippen LogP contribution in [0.25, 0.3) is 11.3 Å². The molecule has 0 aliphatic carbocycles. The average Bonchev–Trinajstić information content (AvgIpc) is 2.37.